The van der Waals surface area contributed by atoms with Crippen molar-refractivity contribution in [2.24, 2.45) is 10.2 Å². The van der Waals surface area contributed by atoms with Gasteiger partial charge < -0.3 is 0 Å². The zero-order valence-corrected chi connectivity index (χ0v) is 13.3. The maximum Gasteiger partial charge on any atom is 0.261 e. The van der Waals surface area contributed by atoms with Gasteiger partial charge in [-0.3, -0.25) is 4.79 Å². The van der Waals surface area contributed by atoms with Gasteiger partial charge in [0.15, 0.2) is 5.84 Å². The zero-order valence-electron chi connectivity index (χ0n) is 12.5. The molecule has 5 nitrogen and oxygen atoms in total. The molecule has 0 bridgehead atoms. The number of hydrogen-bond donors (Lipinski definition) is 1. The van der Waals surface area contributed by atoms with E-state index in [1.54, 1.807) is 16.8 Å². The van der Waals surface area contributed by atoms with Crippen LogP contribution in [0.4, 0.5) is 0 Å². The topological polar surface area (TPSA) is 57.1 Å². The van der Waals surface area contributed by atoms with Gasteiger partial charge in [0, 0.05) is 21.6 Å². The van der Waals surface area contributed by atoms with Crippen LogP contribution in [0.5, 0.6) is 0 Å². The van der Waals surface area contributed by atoms with Crippen molar-refractivity contribution in [3.8, 4) is 0 Å². The molecule has 0 unspecified atom stereocenters. The summed E-state index contributed by atoms with van der Waals surface area (Å²) >= 11 is 1.71. The van der Waals surface area contributed by atoms with Crippen molar-refractivity contribution < 1.29 is 4.79 Å². The molecule has 2 heterocycles. The number of carbonyl (C=O) groups is 1. The lowest BCUT2D eigenvalue weighted by Crippen LogP contribution is -2.45. The van der Waals surface area contributed by atoms with Gasteiger partial charge in [0.25, 0.3) is 5.91 Å². The highest BCUT2D eigenvalue weighted by molar-refractivity contribution is 7.98. The summed E-state index contributed by atoms with van der Waals surface area (Å²) in [5.41, 5.74) is 6.42. The van der Waals surface area contributed by atoms with E-state index in [0.29, 0.717) is 5.84 Å². The van der Waals surface area contributed by atoms with Crippen LogP contribution < -0.4 is 5.43 Å². The van der Waals surface area contributed by atoms with E-state index in [-0.39, 0.29) is 12.5 Å². The third kappa shape index (κ3) is 2.41. The molecule has 2 aliphatic heterocycles. The number of hydrazone groups is 2. The highest BCUT2D eigenvalue weighted by Gasteiger charge is 2.29. The molecule has 1 N–H and O–H groups in total. The summed E-state index contributed by atoms with van der Waals surface area (Å²) < 4.78 is 0. The number of rotatable bonds is 2. The van der Waals surface area contributed by atoms with Gasteiger partial charge in [-0.05, 0) is 18.4 Å². The van der Waals surface area contributed by atoms with Crippen molar-refractivity contribution in [3.63, 3.8) is 0 Å². The van der Waals surface area contributed by atoms with Crippen molar-refractivity contribution >= 4 is 29.2 Å². The predicted molar refractivity (Wildman–Crippen MR) is 91.7 cm³/mol. The van der Waals surface area contributed by atoms with Crippen molar-refractivity contribution in [3.05, 3.63) is 65.2 Å². The quantitative estimate of drug-likeness (QED) is 0.863. The molecule has 2 aromatic rings. The van der Waals surface area contributed by atoms with E-state index < -0.39 is 0 Å². The van der Waals surface area contributed by atoms with Crippen LogP contribution in [0.3, 0.4) is 0 Å². The largest absolute Gasteiger partial charge is 0.271 e. The third-order valence-electron chi connectivity index (χ3n) is 3.83. The average molecular weight is 322 g/mol. The summed E-state index contributed by atoms with van der Waals surface area (Å²) in [6.45, 7) is 0.180. The number of thioether (sulfide) groups is 1. The number of amidine groups is 1. The number of amides is 1. The van der Waals surface area contributed by atoms with Gasteiger partial charge in [-0.25, -0.2) is 10.4 Å². The van der Waals surface area contributed by atoms with Gasteiger partial charge in [-0.1, -0.05) is 36.4 Å². The Balaban J connectivity index is 1.86. The Hall–Kier alpha value is -2.60. The minimum absolute atomic E-state index is 0.158. The Labute approximate surface area is 138 Å². The lowest BCUT2D eigenvalue weighted by molar-refractivity contribution is -0.122. The fourth-order valence-corrected chi connectivity index (χ4v) is 3.13. The summed E-state index contributed by atoms with van der Waals surface area (Å²) in [6.07, 6.45) is 2.05. The molecule has 0 atom stereocenters. The second-order valence-corrected chi connectivity index (χ2v) is 6.13. The van der Waals surface area contributed by atoms with Gasteiger partial charge in [0.05, 0.1) is 5.71 Å². The second kappa shape index (κ2) is 5.55. The SMILES string of the molecule is CSc1ccc(C2=NN3CC(=O)NN=C3c3ccccc32)cc1. The van der Waals surface area contributed by atoms with E-state index in [1.165, 1.54) is 4.90 Å². The van der Waals surface area contributed by atoms with Crippen molar-refractivity contribution in [2.75, 3.05) is 12.8 Å². The van der Waals surface area contributed by atoms with E-state index >= 15 is 0 Å². The highest BCUT2D eigenvalue weighted by atomic mass is 32.2. The number of hydrogen-bond acceptors (Lipinski definition) is 5. The van der Waals surface area contributed by atoms with Crippen LogP contribution in [-0.4, -0.2) is 35.3 Å². The van der Waals surface area contributed by atoms with Crippen LogP contribution >= 0.6 is 11.8 Å². The summed E-state index contributed by atoms with van der Waals surface area (Å²) in [5.74, 6) is 0.527. The molecule has 1 amide bonds. The molecule has 2 aliphatic rings. The van der Waals surface area contributed by atoms with Crippen molar-refractivity contribution in [1.29, 1.82) is 0 Å². The molecule has 114 valence electrons. The summed E-state index contributed by atoms with van der Waals surface area (Å²) in [5, 5.41) is 10.5. The molecule has 0 saturated heterocycles. The molecule has 0 radical (unpaired) electrons. The molecular weight excluding hydrogens is 308 g/mol. The maximum absolute atomic E-state index is 11.6. The smallest absolute Gasteiger partial charge is 0.261 e. The Bertz CT molecular complexity index is 842. The molecule has 6 heteroatoms. The first-order valence-corrected chi connectivity index (χ1v) is 8.45. The average Bonchev–Trinajstić information content (AvgIpc) is 2.61. The fourth-order valence-electron chi connectivity index (χ4n) is 2.72. The van der Waals surface area contributed by atoms with E-state index in [0.717, 1.165) is 22.4 Å². The van der Waals surface area contributed by atoms with Gasteiger partial charge in [0.1, 0.15) is 6.54 Å². The lowest BCUT2D eigenvalue weighted by atomic mass is 9.95. The third-order valence-corrected chi connectivity index (χ3v) is 4.58. The Morgan fingerprint density at radius 1 is 1.09 bits per heavy atom. The maximum atomic E-state index is 11.6. The summed E-state index contributed by atoms with van der Waals surface area (Å²) in [6, 6.07) is 16.3. The first kappa shape index (κ1) is 14.0. The molecular formula is C17H14N4OS. The minimum atomic E-state index is -0.158. The molecule has 0 saturated carbocycles. The van der Waals surface area contributed by atoms with E-state index in [4.69, 9.17) is 0 Å². The van der Waals surface area contributed by atoms with Gasteiger partial charge in [-0.15, -0.1) is 11.8 Å². The molecule has 23 heavy (non-hydrogen) atoms. The molecule has 4 rings (SSSR count). The number of nitrogens with one attached hydrogen (secondary N) is 1. The first-order valence-electron chi connectivity index (χ1n) is 7.23. The standard InChI is InChI=1S/C17H14N4OS/c1-23-12-8-6-11(7-9-12)16-13-4-2-3-5-14(13)17-19-18-15(22)10-21(17)20-16/h2-9H,10H2,1H3,(H,18,22). The minimum Gasteiger partial charge on any atom is -0.271 e. The molecule has 0 spiro atoms. The molecule has 0 aliphatic carbocycles. The van der Waals surface area contributed by atoms with Gasteiger partial charge in [0.2, 0.25) is 0 Å². The zero-order chi connectivity index (χ0) is 15.8. The first-order chi connectivity index (χ1) is 11.3. The van der Waals surface area contributed by atoms with E-state index in [2.05, 4.69) is 46.1 Å². The van der Waals surface area contributed by atoms with Crippen LogP contribution in [0.1, 0.15) is 16.7 Å². The normalized spacial score (nSPS) is 16.0. The Morgan fingerprint density at radius 2 is 1.83 bits per heavy atom. The summed E-state index contributed by atoms with van der Waals surface area (Å²) in [4.78, 5) is 12.8. The summed E-state index contributed by atoms with van der Waals surface area (Å²) in [7, 11) is 0. The number of benzene rings is 2. The highest BCUT2D eigenvalue weighted by Crippen LogP contribution is 2.25. The number of fused-ring (bicyclic) bond motifs is 3. The molecule has 2 aromatic carbocycles. The molecule has 0 fully saturated rings. The van der Waals surface area contributed by atoms with Crippen LogP contribution in [-0.2, 0) is 4.79 Å². The van der Waals surface area contributed by atoms with Gasteiger partial charge in [-0.2, -0.15) is 10.2 Å². The van der Waals surface area contributed by atoms with Crippen LogP contribution in [0.15, 0.2) is 63.6 Å². The van der Waals surface area contributed by atoms with Crippen LogP contribution in [0.25, 0.3) is 0 Å². The Kier molecular flexibility index (Phi) is 3.38. The fraction of sp³-hybridized carbons (Fsp3) is 0.118. The van der Waals surface area contributed by atoms with Crippen LogP contribution in [0, 0.1) is 0 Å². The predicted octanol–water partition coefficient (Wildman–Crippen LogP) is 2.27. The number of nitrogens with zero attached hydrogens (tertiary/aromatic N) is 3. The number of carbonyl (C=O) groups excluding carboxylic acids is 1. The Morgan fingerprint density at radius 3 is 2.57 bits per heavy atom. The van der Waals surface area contributed by atoms with Crippen LogP contribution in [0.2, 0.25) is 0 Å². The van der Waals surface area contributed by atoms with Gasteiger partial charge >= 0.3 is 0 Å². The monoisotopic (exact) mass is 322 g/mol. The van der Waals surface area contributed by atoms with E-state index in [9.17, 15) is 4.79 Å². The van der Waals surface area contributed by atoms with Crippen molar-refractivity contribution in [1.82, 2.24) is 10.4 Å². The van der Waals surface area contributed by atoms with E-state index in [1.807, 2.05) is 24.3 Å². The van der Waals surface area contributed by atoms with Crippen molar-refractivity contribution in [2.45, 2.75) is 4.90 Å². The lowest BCUT2D eigenvalue weighted by Gasteiger charge is -2.30. The second-order valence-electron chi connectivity index (χ2n) is 5.25. The molecule has 0 aromatic heterocycles.